The highest BCUT2D eigenvalue weighted by atomic mass is 35.7. The number of H-pyrrole nitrogens is 1. The maximum atomic E-state index is 11.7. The summed E-state index contributed by atoms with van der Waals surface area (Å²) < 4.78 is 29.1. The number of aromatic nitrogens is 2. The van der Waals surface area contributed by atoms with Crippen LogP contribution in [0.2, 0.25) is 0 Å². The molecule has 1 fully saturated rings. The molecule has 1 aliphatic heterocycles. The molecule has 1 aliphatic rings. The van der Waals surface area contributed by atoms with E-state index < -0.39 is 25.2 Å². The second-order valence-electron chi connectivity index (χ2n) is 4.60. The zero-order valence-corrected chi connectivity index (χ0v) is 12.3. The fourth-order valence-electron chi connectivity index (χ4n) is 2.00. The van der Waals surface area contributed by atoms with Crippen LogP contribution in [0.4, 0.5) is 0 Å². The average Bonchev–Trinajstić information content (AvgIpc) is 2.31. The van der Waals surface area contributed by atoms with Crippen molar-refractivity contribution in [3.05, 3.63) is 27.0 Å². The van der Waals surface area contributed by atoms with Crippen molar-refractivity contribution in [1.82, 2.24) is 14.5 Å². The van der Waals surface area contributed by atoms with E-state index in [9.17, 15) is 18.0 Å². The second kappa shape index (κ2) is 5.68. The summed E-state index contributed by atoms with van der Waals surface area (Å²) in [5, 5.41) is 0. The van der Waals surface area contributed by atoms with Crippen LogP contribution in [0.1, 0.15) is 0 Å². The highest BCUT2D eigenvalue weighted by molar-refractivity contribution is 8.13. The minimum atomic E-state index is -4.21. The third kappa shape index (κ3) is 3.48. The van der Waals surface area contributed by atoms with Crippen molar-refractivity contribution in [2.75, 3.05) is 26.7 Å². The molecule has 0 bridgehead atoms. The van der Waals surface area contributed by atoms with Gasteiger partial charge in [0.1, 0.15) is 0 Å². The molecule has 0 saturated carbocycles. The Kier molecular flexibility index (Phi) is 4.33. The number of aromatic amines is 1. The van der Waals surface area contributed by atoms with Crippen LogP contribution in [-0.4, -0.2) is 55.7 Å². The lowest BCUT2D eigenvalue weighted by Gasteiger charge is -2.30. The van der Waals surface area contributed by atoms with Gasteiger partial charge in [0.2, 0.25) is 0 Å². The topological polar surface area (TPSA) is 101 Å². The summed E-state index contributed by atoms with van der Waals surface area (Å²) in [6.07, 6.45) is 0.685. The Morgan fingerprint density at radius 3 is 2.80 bits per heavy atom. The maximum absolute atomic E-state index is 11.7. The summed E-state index contributed by atoms with van der Waals surface area (Å²) in [6, 6.07) is 0. The molecule has 10 heteroatoms. The van der Waals surface area contributed by atoms with Gasteiger partial charge >= 0.3 is 5.69 Å². The Balaban J connectivity index is 2.33. The molecular formula is C10H14ClN3O5S. The first-order valence-electron chi connectivity index (χ1n) is 5.86. The van der Waals surface area contributed by atoms with Crippen LogP contribution in [0.5, 0.6) is 0 Å². The number of morpholine rings is 1. The summed E-state index contributed by atoms with van der Waals surface area (Å²) in [5.74, 6) is 0. The Morgan fingerprint density at radius 2 is 2.20 bits per heavy atom. The SMILES string of the molecule is CN1CCOC(Cn2cc(S(=O)(=O)Cl)c(=O)[nH]c2=O)C1. The van der Waals surface area contributed by atoms with Gasteiger partial charge in [0.15, 0.2) is 4.90 Å². The van der Waals surface area contributed by atoms with Gasteiger partial charge in [0.05, 0.1) is 19.3 Å². The number of hydrogen-bond donors (Lipinski definition) is 1. The third-order valence-corrected chi connectivity index (χ3v) is 4.30. The highest BCUT2D eigenvalue weighted by Crippen LogP contribution is 2.09. The first kappa shape index (κ1) is 15.2. The zero-order chi connectivity index (χ0) is 14.9. The molecule has 1 unspecified atom stereocenters. The predicted molar refractivity (Wildman–Crippen MR) is 71.6 cm³/mol. The lowest BCUT2D eigenvalue weighted by atomic mass is 10.3. The van der Waals surface area contributed by atoms with E-state index in [1.165, 1.54) is 0 Å². The smallest absolute Gasteiger partial charge is 0.328 e. The molecule has 112 valence electrons. The van der Waals surface area contributed by atoms with Crippen LogP contribution < -0.4 is 11.2 Å². The van der Waals surface area contributed by atoms with Crippen molar-refractivity contribution in [1.29, 1.82) is 0 Å². The number of hydrogen-bond acceptors (Lipinski definition) is 6. The first-order valence-corrected chi connectivity index (χ1v) is 8.17. The number of halogens is 1. The Morgan fingerprint density at radius 1 is 1.50 bits per heavy atom. The number of nitrogens with zero attached hydrogens (tertiary/aromatic N) is 2. The monoisotopic (exact) mass is 323 g/mol. The molecule has 1 atom stereocenters. The van der Waals surface area contributed by atoms with Crippen molar-refractivity contribution >= 4 is 19.7 Å². The molecule has 0 aromatic carbocycles. The first-order chi connectivity index (χ1) is 9.27. The van der Waals surface area contributed by atoms with Gasteiger partial charge in [-0.3, -0.25) is 14.3 Å². The second-order valence-corrected chi connectivity index (χ2v) is 7.13. The molecule has 0 spiro atoms. The van der Waals surface area contributed by atoms with E-state index >= 15 is 0 Å². The molecular weight excluding hydrogens is 310 g/mol. The summed E-state index contributed by atoms with van der Waals surface area (Å²) >= 11 is 0. The van der Waals surface area contributed by atoms with Gasteiger partial charge in [0.25, 0.3) is 14.6 Å². The van der Waals surface area contributed by atoms with Gasteiger partial charge in [-0.15, -0.1) is 0 Å². The van der Waals surface area contributed by atoms with Crippen LogP contribution in [0, 0.1) is 0 Å². The van der Waals surface area contributed by atoms with Gasteiger partial charge in [-0.1, -0.05) is 0 Å². The Hall–Kier alpha value is -1.16. The molecule has 0 amide bonds. The largest absolute Gasteiger partial charge is 0.374 e. The molecule has 1 N–H and O–H groups in total. The van der Waals surface area contributed by atoms with Crippen molar-refractivity contribution in [3.8, 4) is 0 Å². The lowest BCUT2D eigenvalue weighted by molar-refractivity contribution is -0.0281. The number of rotatable bonds is 3. The Bertz CT molecular complexity index is 710. The molecule has 2 rings (SSSR count). The van der Waals surface area contributed by atoms with Crippen LogP contribution >= 0.6 is 10.7 Å². The molecule has 8 nitrogen and oxygen atoms in total. The minimum absolute atomic E-state index is 0.138. The summed E-state index contributed by atoms with van der Waals surface area (Å²) in [5.41, 5.74) is -1.72. The third-order valence-electron chi connectivity index (χ3n) is 2.98. The molecule has 0 aliphatic carbocycles. The van der Waals surface area contributed by atoms with Crippen LogP contribution in [0.15, 0.2) is 20.7 Å². The van der Waals surface area contributed by atoms with E-state index in [0.717, 1.165) is 17.3 Å². The fourth-order valence-corrected chi connectivity index (χ4v) is 2.85. The molecule has 1 saturated heterocycles. The van der Waals surface area contributed by atoms with Crippen LogP contribution in [0.25, 0.3) is 0 Å². The quantitative estimate of drug-likeness (QED) is 0.701. The van der Waals surface area contributed by atoms with Gasteiger partial charge in [0, 0.05) is 30.0 Å². The molecule has 1 aromatic heterocycles. The van der Waals surface area contributed by atoms with Gasteiger partial charge in [-0.05, 0) is 7.05 Å². The van der Waals surface area contributed by atoms with E-state index in [1.54, 1.807) is 0 Å². The maximum Gasteiger partial charge on any atom is 0.328 e. The number of ether oxygens (including phenoxy) is 1. The van der Waals surface area contributed by atoms with Crippen molar-refractivity contribution in [3.63, 3.8) is 0 Å². The van der Waals surface area contributed by atoms with Gasteiger partial charge in [-0.25, -0.2) is 13.2 Å². The predicted octanol–water partition coefficient (Wildman–Crippen LogP) is -1.21. The van der Waals surface area contributed by atoms with Crippen LogP contribution in [0.3, 0.4) is 0 Å². The molecule has 2 heterocycles. The summed E-state index contributed by atoms with van der Waals surface area (Å²) in [7, 11) is 2.86. The number of likely N-dealkylation sites (N-methyl/N-ethyl adjacent to an activating group) is 1. The van der Waals surface area contributed by atoms with E-state index in [4.69, 9.17) is 15.4 Å². The highest BCUT2D eigenvalue weighted by Gasteiger charge is 2.21. The molecule has 1 aromatic rings. The minimum Gasteiger partial charge on any atom is -0.374 e. The standard InChI is InChI=1S/C10H14ClN3O5S/c1-13-2-3-19-7(4-13)5-14-6-8(20(11,17)18)9(15)12-10(14)16/h6-7H,2-5H2,1H3,(H,12,15,16). The van der Waals surface area contributed by atoms with Gasteiger partial charge < -0.3 is 9.64 Å². The van der Waals surface area contributed by atoms with E-state index in [0.29, 0.717) is 13.2 Å². The Labute approximate surface area is 119 Å². The van der Waals surface area contributed by atoms with Crippen molar-refractivity contribution < 1.29 is 13.2 Å². The normalized spacial score (nSPS) is 21.0. The van der Waals surface area contributed by atoms with Crippen LogP contribution in [-0.2, 0) is 20.3 Å². The van der Waals surface area contributed by atoms with E-state index in [-0.39, 0.29) is 12.6 Å². The van der Waals surface area contributed by atoms with Crippen molar-refractivity contribution in [2.45, 2.75) is 17.5 Å². The number of nitrogens with one attached hydrogen (secondary N) is 1. The van der Waals surface area contributed by atoms with Gasteiger partial charge in [-0.2, -0.15) is 0 Å². The fraction of sp³-hybridized carbons (Fsp3) is 0.600. The molecule has 20 heavy (non-hydrogen) atoms. The van der Waals surface area contributed by atoms with E-state index in [1.807, 2.05) is 16.9 Å². The van der Waals surface area contributed by atoms with Crippen molar-refractivity contribution in [2.24, 2.45) is 0 Å². The lowest BCUT2D eigenvalue weighted by Crippen LogP contribution is -2.44. The average molecular weight is 324 g/mol. The zero-order valence-electron chi connectivity index (χ0n) is 10.7. The summed E-state index contributed by atoms with van der Waals surface area (Å²) in [4.78, 5) is 26.4. The summed E-state index contributed by atoms with van der Waals surface area (Å²) in [6.45, 7) is 2.06. The van der Waals surface area contributed by atoms with E-state index in [2.05, 4.69) is 0 Å². The molecule has 0 radical (unpaired) electrons.